The molecule has 0 fully saturated rings. The van der Waals surface area contributed by atoms with Crippen molar-refractivity contribution in [1.82, 2.24) is 5.16 Å². The summed E-state index contributed by atoms with van der Waals surface area (Å²) < 4.78 is 4.97. The van der Waals surface area contributed by atoms with E-state index in [1.54, 1.807) is 13.8 Å². The molecular weight excluding hydrogens is 262 g/mol. The lowest BCUT2D eigenvalue weighted by molar-refractivity contribution is 0.102. The van der Waals surface area contributed by atoms with E-state index in [-0.39, 0.29) is 5.91 Å². The van der Waals surface area contributed by atoms with E-state index in [9.17, 15) is 4.79 Å². The van der Waals surface area contributed by atoms with Crippen LogP contribution in [0.2, 0.25) is 0 Å². The standard InChI is InChI=1S/C13H13N3O2S/c1-6-9(4)19-13(10(6)5-14)15-12(17)11-7(2)16-18-8(11)3/h1-4H3,(H,15,17). The second kappa shape index (κ2) is 4.86. The summed E-state index contributed by atoms with van der Waals surface area (Å²) in [5, 5.41) is 16.2. The molecule has 0 unspecified atom stereocenters. The number of nitrogens with one attached hydrogen (secondary N) is 1. The molecule has 2 rings (SSSR count). The molecule has 5 nitrogen and oxygen atoms in total. The number of aryl methyl sites for hydroxylation is 3. The summed E-state index contributed by atoms with van der Waals surface area (Å²) in [6, 6.07) is 2.12. The van der Waals surface area contributed by atoms with E-state index < -0.39 is 0 Å². The quantitative estimate of drug-likeness (QED) is 0.913. The van der Waals surface area contributed by atoms with Gasteiger partial charge in [0.2, 0.25) is 0 Å². The molecule has 0 atom stereocenters. The predicted octanol–water partition coefficient (Wildman–Crippen LogP) is 3.09. The molecule has 0 saturated carbocycles. The molecular formula is C13H13N3O2S. The van der Waals surface area contributed by atoms with Crippen LogP contribution in [0.15, 0.2) is 4.52 Å². The van der Waals surface area contributed by atoms with Crippen molar-refractivity contribution in [2.24, 2.45) is 0 Å². The van der Waals surface area contributed by atoms with Crippen LogP contribution >= 0.6 is 11.3 Å². The summed E-state index contributed by atoms with van der Waals surface area (Å²) in [4.78, 5) is 13.2. The largest absolute Gasteiger partial charge is 0.361 e. The van der Waals surface area contributed by atoms with Gasteiger partial charge in [-0.15, -0.1) is 11.3 Å². The fraction of sp³-hybridized carbons (Fsp3) is 0.308. The molecule has 0 aliphatic rings. The Hall–Kier alpha value is -2.13. The van der Waals surface area contributed by atoms with E-state index in [2.05, 4.69) is 16.5 Å². The van der Waals surface area contributed by atoms with Crippen LogP contribution < -0.4 is 5.32 Å². The first kappa shape index (κ1) is 13.3. The summed E-state index contributed by atoms with van der Waals surface area (Å²) in [7, 11) is 0. The molecule has 0 aliphatic heterocycles. The molecule has 6 heteroatoms. The first-order valence-electron chi connectivity index (χ1n) is 5.70. The number of carbonyl (C=O) groups is 1. The van der Waals surface area contributed by atoms with Gasteiger partial charge in [0.05, 0.1) is 11.3 Å². The lowest BCUT2D eigenvalue weighted by Gasteiger charge is -2.02. The molecule has 0 radical (unpaired) electrons. The van der Waals surface area contributed by atoms with Crippen LogP contribution in [0.4, 0.5) is 5.00 Å². The zero-order valence-corrected chi connectivity index (χ0v) is 11.9. The number of hydrogen-bond donors (Lipinski definition) is 1. The summed E-state index contributed by atoms with van der Waals surface area (Å²) in [6.45, 7) is 7.19. The second-order valence-corrected chi connectivity index (χ2v) is 5.48. The topological polar surface area (TPSA) is 78.9 Å². The van der Waals surface area contributed by atoms with Gasteiger partial charge in [-0.2, -0.15) is 5.26 Å². The minimum Gasteiger partial charge on any atom is -0.361 e. The van der Waals surface area contributed by atoms with Crippen LogP contribution in [0.5, 0.6) is 0 Å². The molecule has 0 aliphatic carbocycles. The van der Waals surface area contributed by atoms with Gasteiger partial charge < -0.3 is 9.84 Å². The van der Waals surface area contributed by atoms with Gasteiger partial charge in [-0.25, -0.2) is 0 Å². The van der Waals surface area contributed by atoms with Crippen LogP contribution in [-0.4, -0.2) is 11.1 Å². The molecule has 1 amide bonds. The maximum absolute atomic E-state index is 12.2. The molecule has 1 N–H and O–H groups in total. The minimum absolute atomic E-state index is 0.297. The zero-order valence-electron chi connectivity index (χ0n) is 11.1. The van der Waals surface area contributed by atoms with Crippen LogP contribution in [0.3, 0.4) is 0 Å². The highest BCUT2D eigenvalue weighted by Crippen LogP contribution is 2.32. The fourth-order valence-electron chi connectivity index (χ4n) is 1.82. The molecule has 19 heavy (non-hydrogen) atoms. The summed E-state index contributed by atoms with van der Waals surface area (Å²) in [5.41, 5.74) is 2.38. The van der Waals surface area contributed by atoms with E-state index in [0.29, 0.717) is 27.6 Å². The Bertz CT molecular complexity index is 672. The van der Waals surface area contributed by atoms with Crippen molar-refractivity contribution in [1.29, 1.82) is 5.26 Å². The normalized spacial score (nSPS) is 10.3. The Balaban J connectivity index is 2.35. The predicted molar refractivity (Wildman–Crippen MR) is 72.4 cm³/mol. The molecule has 2 heterocycles. The van der Waals surface area contributed by atoms with Crippen molar-refractivity contribution in [2.75, 3.05) is 5.32 Å². The van der Waals surface area contributed by atoms with Crippen molar-refractivity contribution in [2.45, 2.75) is 27.7 Å². The van der Waals surface area contributed by atoms with Gasteiger partial charge in [-0.1, -0.05) is 5.16 Å². The number of carbonyl (C=O) groups excluding carboxylic acids is 1. The third-order valence-electron chi connectivity index (χ3n) is 2.98. The molecule has 2 aromatic heterocycles. The SMILES string of the molecule is Cc1noc(C)c1C(=O)Nc1sc(C)c(C)c1C#N. The third-order valence-corrected chi connectivity index (χ3v) is 4.11. The second-order valence-electron chi connectivity index (χ2n) is 4.25. The lowest BCUT2D eigenvalue weighted by atomic mass is 10.1. The lowest BCUT2D eigenvalue weighted by Crippen LogP contribution is -2.13. The molecule has 98 valence electrons. The number of nitriles is 1. The van der Waals surface area contributed by atoms with E-state index in [1.165, 1.54) is 11.3 Å². The third kappa shape index (κ3) is 2.25. The molecule has 2 aromatic rings. The van der Waals surface area contributed by atoms with Gasteiger partial charge >= 0.3 is 0 Å². The maximum Gasteiger partial charge on any atom is 0.261 e. The number of amides is 1. The number of thiophene rings is 1. The summed E-state index contributed by atoms with van der Waals surface area (Å²) in [5.74, 6) is 0.174. The minimum atomic E-state index is -0.297. The van der Waals surface area contributed by atoms with Gasteiger partial charge in [0.25, 0.3) is 5.91 Å². The average Bonchev–Trinajstić information content (AvgIpc) is 2.81. The average molecular weight is 275 g/mol. The number of rotatable bonds is 2. The van der Waals surface area contributed by atoms with Crippen LogP contribution in [0.1, 0.15) is 37.8 Å². The van der Waals surface area contributed by atoms with Gasteiger partial charge in [0, 0.05) is 4.88 Å². The molecule has 0 aromatic carbocycles. The smallest absolute Gasteiger partial charge is 0.261 e. The first-order valence-corrected chi connectivity index (χ1v) is 6.51. The van der Waals surface area contributed by atoms with Gasteiger partial charge in [0.1, 0.15) is 22.4 Å². The molecule has 0 bridgehead atoms. The Morgan fingerprint density at radius 1 is 1.37 bits per heavy atom. The highest BCUT2D eigenvalue weighted by atomic mass is 32.1. The monoisotopic (exact) mass is 275 g/mol. The van der Waals surface area contributed by atoms with Crippen LogP contribution in [-0.2, 0) is 0 Å². The van der Waals surface area contributed by atoms with Crippen LogP contribution in [0.25, 0.3) is 0 Å². The van der Waals surface area contributed by atoms with E-state index in [4.69, 9.17) is 9.78 Å². The van der Waals surface area contributed by atoms with Crippen molar-refractivity contribution in [3.8, 4) is 6.07 Å². The zero-order chi connectivity index (χ0) is 14.2. The highest BCUT2D eigenvalue weighted by molar-refractivity contribution is 7.16. The van der Waals surface area contributed by atoms with E-state index >= 15 is 0 Å². The molecule has 0 spiro atoms. The van der Waals surface area contributed by atoms with Gasteiger partial charge in [-0.05, 0) is 33.3 Å². The fourth-order valence-corrected chi connectivity index (χ4v) is 2.83. The summed E-state index contributed by atoms with van der Waals surface area (Å²) in [6.07, 6.45) is 0. The van der Waals surface area contributed by atoms with Gasteiger partial charge in [-0.3, -0.25) is 4.79 Å². The Morgan fingerprint density at radius 3 is 2.58 bits per heavy atom. The van der Waals surface area contributed by atoms with Crippen molar-refractivity contribution >= 4 is 22.2 Å². The summed E-state index contributed by atoms with van der Waals surface area (Å²) >= 11 is 1.40. The number of hydrogen-bond acceptors (Lipinski definition) is 5. The Kier molecular flexibility index (Phi) is 3.40. The molecule has 0 saturated heterocycles. The van der Waals surface area contributed by atoms with Crippen molar-refractivity contribution in [3.63, 3.8) is 0 Å². The number of aromatic nitrogens is 1. The number of anilines is 1. The maximum atomic E-state index is 12.2. The van der Waals surface area contributed by atoms with Crippen molar-refractivity contribution < 1.29 is 9.32 Å². The van der Waals surface area contributed by atoms with Crippen LogP contribution in [0, 0.1) is 39.0 Å². The van der Waals surface area contributed by atoms with E-state index in [0.717, 1.165) is 10.4 Å². The van der Waals surface area contributed by atoms with E-state index in [1.807, 2.05) is 13.8 Å². The van der Waals surface area contributed by atoms with Gasteiger partial charge in [0.15, 0.2) is 0 Å². The Labute approximate surface area is 114 Å². The Morgan fingerprint density at radius 2 is 2.05 bits per heavy atom. The van der Waals surface area contributed by atoms with Crippen molar-refractivity contribution in [3.05, 3.63) is 33.0 Å². The number of nitrogens with zero attached hydrogens (tertiary/aromatic N) is 2. The highest BCUT2D eigenvalue weighted by Gasteiger charge is 2.20. The first-order chi connectivity index (χ1) is 8.95.